The molecule has 0 spiro atoms. The van der Waals surface area contributed by atoms with Crippen LogP contribution in [0.25, 0.3) is 22.2 Å². The van der Waals surface area contributed by atoms with Crippen LogP contribution in [0.3, 0.4) is 0 Å². The van der Waals surface area contributed by atoms with Gasteiger partial charge in [-0.3, -0.25) is 9.36 Å². The second-order valence-corrected chi connectivity index (χ2v) is 7.76. The number of hydrogen-bond donors (Lipinski definition) is 1. The van der Waals surface area contributed by atoms with Crippen molar-refractivity contribution in [3.8, 4) is 11.3 Å². The number of aromatic nitrogens is 2. The van der Waals surface area contributed by atoms with Crippen LogP contribution in [0.5, 0.6) is 0 Å². The first-order chi connectivity index (χ1) is 16.4. The summed E-state index contributed by atoms with van der Waals surface area (Å²) in [5.41, 5.74) is 0.597. The molecule has 0 atom stereocenters. The van der Waals surface area contributed by atoms with Crippen LogP contribution in [0.15, 0.2) is 71.5 Å². The van der Waals surface area contributed by atoms with Crippen molar-refractivity contribution in [1.82, 2.24) is 9.55 Å². The largest absolute Gasteiger partial charge is 0.462 e. The molecule has 172 valence electrons. The van der Waals surface area contributed by atoms with E-state index in [4.69, 9.17) is 16.3 Å². The second-order valence-electron chi connectivity index (χ2n) is 7.32. The number of hydrogen-bond acceptors (Lipinski definition) is 5. The van der Waals surface area contributed by atoms with Gasteiger partial charge in [0, 0.05) is 21.7 Å². The van der Waals surface area contributed by atoms with Crippen molar-refractivity contribution in [2.24, 2.45) is 0 Å². The van der Waals surface area contributed by atoms with E-state index in [0.717, 1.165) is 0 Å². The van der Waals surface area contributed by atoms with Gasteiger partial charge in [0.1, 0.15) is 12.4 Å². The Morgan fingerprint density at radius 3 is 2.65 bits per heavy atom. The topological polar surface area (TPSA) is 90.3 Å². The summed E-state index contributed by atoms with van der Waals surface area (Å²) in [4.78, 5) is 41.6. The smallest absolute Gasteiger partial charge is 0.349 e. The molecule has 0 aliphatic rings. The molecule has 1 N–H and O–H groups in total. The van der Waals surface area contributed by atoms with Crippen LogP contribution in [-0.4, -0.2) is 28.0 Å². The molecule has 3 aromatic carbocycles. The SMILES string of the molecule is CCOC(=O)c1cccc(NC(=O)Cn2c(=O)nc(-c3ccccc3F)c3cc(Cl)ccc32)c1. The molecule has 0 unspecified atom stereocenters. The molecule has 34 heavy (non-hydrogen) atoms. The molecule has 1 amide bonds. The minimum atomic E-state index is -0.719. The van der Waals surface area contributed by atoms with Crippen molar-refractivity contribution in [2.45, 2.75) is 13.5 Å². The lowest BCUT2D eigenvalue weighted by Gasteiger charge is -2.14. The van der Waals surface area contributed by atoms with E-state index < -0.39 is 23.4 Å². The molecule has 1 aromatic heterocycles. The van der Waals surface area contributed by atoms with Gasteiger partial charge in [0.05, 0.1) is 23.4 Å². The predicted molar refractivity (Wildman–Crippen MR) is 127 cm³/mol. The zero-order valence-corrected chi connectivity index (χ0v) is 18.8. The number of benzene rings is 3. The van der Waals surface area contributed by atoms with Gasteiger partial charge in [-0.05, 0) is 55.5 Å². The second kappa shape index (κ2) is 9.84. The third-order valence-corrected chi connectivity index (χ3v) is 5.27. The van der Waals surface area contributed by atoms with Gasteiger partial charge >= 0.3 is 11.7 Å². The number of amides is 1. The number of esters is 1. The minimum absolute atomic E-state index is 0.138. The maximum Gasteiger partial charge on any atom is 0.349 e. The molecule has 0 bridgehead atoms. The maximum absolute atomic E-state index is 14.4. The Balaban J connectivity index is 1.69. The molecule has 0 radical (unpaired) electrons. The predicted octanol–water partition coefficient (Wildman–Crippen LogP) is 4.67. The van der Waals surface area contributed by atoms with E-state index in [2.05, 4.69) is 10.3 Å². The zero-order valence-electron chi connectivity index (χ0n) is 18.0. The highest BCUT2D eigenvalue weighted by Crippen LogP contribution is 2.29. The summed E-state index contributed by atoms with van der Waals surface area (Å²) in [6.07, 6.45) is 0. The first-order valence-electron chi connectivity index (χ1n) is 10.4. The van der Waals surface area contributed by atoms with E-state index in [1.807, 2.05) is 0 Å². The Kier molecular flexibility index (Phi) is 6.70. The lowest BCUT2D eigenvalue weighted by atomic mass is 10.1. The van der Waals surface area contributed by atoms with Gasteiger partial charge in [0.25, 0.3) is 0 Å². The van der Waals surface area contributed by atoms with Gasteiger partial charge < -0.3 is 10.1 Å². The van der Waals surface area contributed by atoms with Gasteiger partial charge in [0.2, 0.25) is 5.91 Å². The molecule has 1 heterocycles. The summed E-state index contributed by atoms with van der Waals surface area (Å²) >= 11 is 6.16. The van der Waals surface area contributed by atoms with Crippen molar-refractivity contribution in [1.29, 1.82) is 0 Å². The molecule has 9 heteroatoms. The summed E-state index contributed by atoms with van der Waals surface area (Å²) in [6.45, 7) is 1.57. The highest BCUT2D eigenvalue weighted by Gasteiger charge is 2.17. The first kappa shape index (κ1) is 23.1. The lowest BCUT2D eigenvalue weighted by molar-refractivity contribution is -0.116. The molecule has 0 fully saturated rings. The highest BCUT2D eigenvalue weighted by atomic mass is 35.5. The molecular formula is C25H19ClFN3O4. The summed E-state index contributed by atoms with van der Waals surface area (Å²) < 4.78 is 20.6. The number of fused-ring (bicyclic) bond motifs is 1. The first-order valence-corrected chi connectivity index (χ1v) is 10.8. The minimum Gasteiger partial charge on any atom is -0.462 e. The van der Waals surface area contributed by atoms with E-state index in [0.29, 0.717) is 21.6 Å². The van der Waals surface area contributed by atoms with Crippen molar-refractivity contribution in [2.75, 3.05) is 11.9 Å². The Labute approximate surface area is 198 Å². The highest BCUT2D eigenvalue weighted by molar-refractivity contribution is 6.31. The van der Waals surface area contributed by atoms with Crippen molar-refractivity contribution in [3.05, 3.63) is 93.6 Å². The van der Waals surface area contributed by atoms with Crippen LogP contribution < -0.4 is 11.0 Å². The number of ether oxygens (including phenoxy) is 1. The Bertz CT molecular complexity index is 1470. The summed E-state index contributed by atoms with van der Waals surface area (Å²) in [5.74, 6) is -1.56. The van der Waals surface area contributed by atoms with Gasteiger partial charge in [-0.15, -0.1) is 0 Å². The number of rotatable bonds is 6. The fourth-order valence-corrected chi connectivity index (χ4v) is 3.72. The monoisotopic (exact) mass is 479 g/mol. The molecule has 0 saturated carbocycles. The fourth-order valence-electron chi connectivity index (χ4n) is 3.55. The Hall–Kier alpha value is -4.04. The average molecular weight is 480 g/mol. The van der Waals surface area contributed by atoms with Crippen LogP contribution in [0.2, 0.25) is 5.02 Å². The summed E-state index contributed by atoms with van der Waals surface area (Å²) in [5, 5.41) is 3.46. The quantitative estimate of drug-likeness (QED) is 0.406. The standard InChI is InChI=1S/C25H19ClFN3O4/c1-2-34-24(32)15-6-5-7-17(12-15)28-22(31)14-30-21-11-10-16(26)13-19(21)23(29-25(30)33)18-8-3-4-9-20(18)27/h3-13H,2,14H2,1H3,(H,28,31). The van der Waals surface area contributed by atoms with E-state index in [1.165, 1.54) is 28.8 Å². The molecule has 4 rings (SSSR count). The van der Waals surface area contributed by atoms with Crippen molar-refractivity contribution >= 4 is 40.1 Å². The van der Waals surface area contributed by atoms with E-state index in [-0.39, 0.29) is 30.0 Å². The lowest BCUT2D eigenvalue weighted by Crippen LogP contribution is -2.30. The molecule has 0 aliphatic carbocycles. The van der Waals surface area contributed by atoms with Gasteiger partial charge in [-0.1, -0.05) is 29.8 Å². The van der Waals surface area contributed by atoms with Gasteiger partial charge in [-0.25, -0.2) is 14.0 Å². The van der Waals surface area contributed by atoms with Crippen LogP contribution in [-0.2, 0) is 16.1 Å². The average Bonchev–Trinajstić information content (AvgIpc) is 2.81. The van der Waals surface area contributed by atoms with E-state index >= 15 is 0 Å². The Morgan fingerprint density at radius 2 is 1.88 bits per heavy atom. The number of anilines is 1. The van der Waals surface area contributed by atoms with Gasteiger partial charge in [0.15, 0.2) is 0 Å². The molecule has 4 aromatic rings. The van der Waals surface area contributed by atoms with Crippen LogP contribution >= 0.6 is 11.6 Å². The Morgan fingerprint density at radius 1 is 1.09 bits per heavy atom. The van der Waals surface area contributed by atoms with Crippen molar-refractivity contribution in [3.63, 3.8) is 0 Å². The van der Waals surface area contributed by atoms with Crippen LogP contribution in [0, 0.1) is 5.82 Å². The fraction of sp³-hybridized carbons (Fsp3) is 0.120. The summed E-state index contributed by atoms with van der Waals surface area (Å²) in [6, 6.07) is 17.0. The normalized spacial score (nSPS) is 10.8. The molecule has 0 saturated heterocycles. The molecular weight excluding hydrogens is 461 g/mol. The number of nitrogens with one attached hydrogen (secondary N) is 1. The third-order valence-electron chi connectivity index (χ3n) is 5.03. The number of carbonyl (C=O) groups excluding carboxylic acids is 2. The molecule has 7 nitrogen and oxygen atoms in total. The van der Waals surface area contributed by atoms with Crippen molar-refractivity contribution < 1.29 is 18.7 Å². The number of nitrogens with zero attached hydrogens (tertiary/aromatic N) is 2. The molecule has 0 aliphatic heterocycles. The number of halogens is 2. The summed E-state index contributed by atoms with van der Waals surface area (Å²) in [7, 11) is 0. The maximum atomic E-state index is 14.4. The van der Waals surface area contributed by atoms with Gasteiger partial charge in [-0.2, -0.15) is 4.98 Å². The van der Waals surface area contributed by atoms with Crippen LogP contribution in [0.4, 0.5) is 10.1 Å². The van der Waals surface area contributed by atoms with E-state index in [1.54, 1.807) is 49.4 Å². The zero-order chi connectivity index (χ0) is 24.2. The third kappa shape index (κ3) is 4.82. The van der Waals surface area contributed by atoms with Crippen LogP contribution in [0.1, 0.15) is 17.3 Å². The van der Waals surface area contributed by atoms with E-state index in [9.17, 15) is 18.8 Å². The number of carbonyl (C=O) groups is 2.